The molecule has 2 fully saturated rings. The first-order valence-corrected chi connectivity index (χ1v) is 11.5. The summed E-state index contributed by atoms with van der Waals surface area (Å²) in [5.74, 6) is -0.0891. The van der Waals surface area contributed by atoms with Gasteiger partial charge < -0.3 is 9.64 Å². The quantitative estimate of drug-likeness (QED) is 0.628. The number of hydrogen-bond acceptors (Lipinski definition) is 4. The summed E-state index contributed by atoms with van der Waals surface area (Å²) < 4.78 is 5.46. The van der Waals surface area contributed by atoms with Crippen LogP contribution in [0.3, 0.4) is 0 Å². The van der Waals surface area contributed by atoms with Crippen molar-refractivity contribution in [2.45, 2.75) is 64.5 Å². The Bertz CT molecular complexity index is 978. The Morgan fingerprint density at radius 3 is 2.28 bits per heavy atom. The van der Waals surface area contributed by atoms with Crippen LogP contribution in [0.4, 0.5) is 5.69 Å². The van der Waals surface area contributed by atoms with Crippen LogP contribution < -0.4 is 9.64 Å². The summed E-state index contributed by atoms with van der Waals surface area (Å²) in [6.07, 6.45) is 4.93. The van der Waals surface area contributed by atoms with Crippen molar-refractivity contribution in [3.05, 3.63) is 59.7 Å². The zero-order valence-corrected chi connectivity index (χ0v) is 18.8. The van der Waals surface area contributed by atoms with Crippen LogP contribution in [-0.4, -0.2) is 41.3 Å². The number of benzene rings is 2. The van der Waals surface area contributed by atoms with E-state index in [4.69, 9.17) is 4.74 Å². The van der Waals surface area contributed by atoms with Crippen LogP contribution >= 0.6 is 0 Å². The number of aryl methyl sites for hydroxylation is 1. The van der Waals surface area contributed by atoms with Crippen LogP contribution in [0.1, 0.15) is 61.4 Å². The smallest absolute Gasteiger partial charge is 0.257 e. The number of nitrogens with zero attached hydrogens (tertiary/aromatic N) is 2. The van der Waals surface area contributed by atoms with Gasteiger partial charge in [-0.15, -0.1) is 0 Å². The molecule has 0 N–H and O–H groups in total. The summed E-state index contributed by atoms with van der Waals surface area (Å²) in [5, 5.41) is 0. The Hall–Kier alpha value is -3.15. The SMILES string of the molecule is CCOc1ccc(N2C(=O)CC(N(C(=O)c3ccc(C)cc3)C3CCCCC3)C2=O)cc1. The van der Waals surface area contributed by atoms with Crippen LogP contribution in [0.5, 0.6) is 5.75 Å². The van der Waals surface area contributed by atoms with E-state index in [9.17, 15) is 14.4 Å². The highest BCUT2D eigenvalue weighted by Gasteiger charge is 2.46. The molecule has 3 amide bonds. The normalized spacial score (nSPS) is 19.3. The maximum absolute atomic E-state index is 13.6. The lowest BCUT2D eigenvalue weighted by Crippen LogP contribution is -2.51. The van der Waals surface area contributed by atoms with Gasteiger partial charge in [0.05, 0.1) is 18.7 Å². The van der Waals surface area contributed by atoms with E-state index in [0.29, 0.717) is 23.6 Å². The van der Waals surface area contributed by atoms with Crippen LogP contribution in [0, 0.1) is 6.92 Å². The molecule has 32 heavy (non-hydrogen) atoms. The van der Waals surface area contributed by atoms with Gasteiger partial charge in [0, 0.05) is 11.6 Å². The molecule has 6 heteroatoms. The second kappa shape index (κ2) is 9.55. The molecule has 1 unspecified atom stereocenters. The highest BCUT2D eigenvalue weighted by Crippen LogP contribution is 2.32. The molecular weight excluding hydrogens is 404 g/mol. The molecule has 4 rings (SSSR count). The van der Waals surface area contributed by atoms with Gasteiger partial charge in [-0.1, -0.05) is 37.0 Å². The Kier molecular flexibility index (Phi) is 6.58. The third-order valence-corrected chi connectivity index (χ3v) is 6.37. The molecule has 1 atom stereocenters. The molecule has 0 bridgehead atoms. The van der Waals surface area contributed by atoms with Crippen LogP contribution in [0.25, 0.3) is 0 Å². The maximum atomic E-state index is 13.6. The monoisotopic (exact) mass is 434 g/mol. The minimum Gasteiger partial charge on any atom is -0.494 e. The number of rotatable bonds is 6. The summed E-state index contributed by atoms with van der Waals surface area (Å²) in [4.78, 5) is 42.9. The lowest BCUT2D eigenvalue weighted by atomic mass is 9.92. The van der Waals surface area contributed by atoms with Gasteiger partial charge in [-0.25, -0.2) is 4.90 Å². The van der Waals surface area contributed by atoms with Crippen LogP contribution in [0.2, 0.25) is 0 Å². The van der Waals surface area contributed by atoms with Gasteiger partial charge in [-0.3, -0.25) is 14.4 Å². The summed E-state index contributed by atoms with van der Waals surface area (Å²) >= 11 is 0. The van der Waals surface area contributed by atoms with E-state index in [0.717, 1.165) is 37.7 Å². The minimum absolute atomic E-state index is 0.0140. The zero-order valence-electron chi connectivity index (χ0n) is 18.8. The molecule has 6 nitrogen and oxygen atoms in total. The third kappa shape index (κ3) is 4.40. The molecule has 0 spiro atoms. The largest absolute Gasteiger partial charge is 0.494 e. The van der Waals surface area contributed by atoms with Gasteiger partial charge in [0.25, 0.3) is 11.8 Å². The second-order valence-electron chi connectivity index (χ2n) is 8.58. The highest BCUT2D eigenvalue weighted by molar-refractivity contribution is 6.23. The minimum atomic E-state index is -0.772. The van der Waals surface area contributed by atoms with E-state index in [1.165, 1.54) is 4.90 Å². The third-order valence-electron chi connectivity index (χ3n) is 6.37. The zero-order chi connectivity index (χ0) is 22.7. The van der Waals surface area contributed by atoms with Crippen molar-refractivity contribution in [1.29, 1.82) is 0 Å². The van der Waals surface area contributed by atoms with Gasteiger partial charge >= 0.3 is 0 Å². The van der Waals surface area contributed by atoms with E-state index >= 15 is 0 Å². The van der Waals surface area contributed by atoms with Crippen molar-refractivity contribution >= 4 is 23.4 Å². The Morgan fingerprint density at radius 1 is 1.00 bits per heavy atom. The van der Waals surface area contributed by atoms with Gasteiger partial charge in [-0.05, 0) is 63.1 Å². The Morgan fingerprint density at radius 2 is 1.66 bits per heavy atom. The Balaban J connectivity index is 1.63. The van der Waals surface area contributed by atoms with Crippen molar-refractivity contribution < 1.29 is 19.1 Å². The van der Waals surface area contributed by atoms with Gasteiger partial charge in [0.15, 0.2) is 0 Å². The predicted molar refractivity (Wildman–Crippen MR) is 123 cm³/mol. The van der Waals surface area contributed by atoms with Crippen LogP contribution in [-0.2, 0) is 9.59 Å². The molecule has 2 aromatic carbocycles. The van der Waals surface area contributed by atoms with E-state index in [-0.39, 0.29) is 30.2 Å². The number of imide groups is 1. The number of carbonyl (C=O) groups is 3. The molecular formula is C26H30N2O4. The molecule has 2 aromatic rings. The number of amides is 3. The molecule has 1 aliphatic heterocycles. The molecule has 0 aromatic heterocycles. The fraction of sp³-hybridized carbons (Fsp3) is 0.423. The van der Waals surface area contributed by atoms with Crippen molar-refractivity contribution in [3.63, 3.8) is 0 Å². The van der Waals surface area contributed by atoms with Crippen molar-refractivity contribution in [3.8, 4) is 5.75 Å². The summed E-state index contributed by atoms with van der Waals surface area (Å²) in [7, 11) is 0. The van der Waals surface area contributed by atoms with Crippen LogP contribution in [0.15, 0.2) is 48.5 Å². The molecule has 1 aliphatic carbocycles. The molecule has 2 aliphatic rings. The fourth-order valence-corrected chi connectivity index (χ4v) is 4.73. The molecule has 1 saturated heterocycles. The van der Waals surface area contributed by atoms with E-state index in [1.54, 1.807) is 41.3 Å². The summed E-state index contributed by atoms with van der Waals surface area (Å²) in [6.45, 7) is 4.42. The predicted octanol–water partition coefficient (Wildman–Crippen LogP) is 4.50. The maximum Gasteiger partial charge on any atom is 0.257 e. The number of ether oxygens (including phenoxy) is 1. The standard InChI is InChI=1S/C26H30N2O4/c1-3-32-22-15-13-21(14-16-22)28-24(29)17-23(26(28)31)27(20-7-5-4-6-8-20)25(30)19-11-9-18(2)10-12-19/h9-16,20,23H,3-8,17H2,1-2H3. The Labute approximate surface area is 189 Å². The average Bonchev–Trinajstić information content (AvgIpc) is 3.09. The lowest BCUT2D eigenvalue weighted by molar-refractivity contribution is -0.123. The van der Waals surface area contributed by atoms with E-state index < -0.39 is 6.04 Å². The lowest BCUT2D eigenvalue weighted by Gasteiger charge is -2.37. The van der Waals surface area contributed by atoms with Gasteiger partial charge in [0.2, 0.25) is 5.91 Å². The topological polar surface area (TPSA) is 66.9 Å². The first kappa shape index (κ1) is 22.1. The van der Waals surface area contributed by atoms with Gasteiger partial charge in [-0.2, -0.15) is 0 Å². The molecule has 0 radical (unpaired) electrons. The van der Waals surface area contributed by atoms with Crippen molar-refractivity contribution in [2.24, 2.45) is 0 Å². The van der Waals surface area contributed by atoms with Crippen molar-refractivity contribution in [2.75, 3.05) is 11.5 Å². The first-order chi connectivity index (χ1) is 15.5. The number of carbonyl (C=O) groups excluding carboxylic acids is 3. The molecule has 1 saturated carbocycles. The van der Waals surface area contributed by atoms with Crippen molar-refractivity contribution in [1.82, 2.24) is 4.90 Å². The highest BCUT2D eigenvalue weighted by atomic mass is 16.5. The second-order valence-corrected chi connectivity index (χ2v) is 8.58. The van der Waals surface area contributed by atoms with E-state index in [2.05, 4.69) is 0 Å². The number of anilines is 1. The molecule has 1 heterocycles. The fourth-order valence-electron chi connectivity index (χ4n) is 4.73. The molecule has 168 valence electrons. The first-order valence-electron chi connectivity index (χ1n) is 11.5. The van der Waals surface area contributed by atoms with E-state index in [1.807, 2.05) is 26.0 Å². The summed E-state index contributed by atoms with van der Waals surface area (Å²) in [6, 6.07) is 13.6. The van der Waals surface area contributed by atoms with Gasteiger partial charge in [0.1, 0.15) is 11.8 Å². The number of hydrogen-bond donors (Lipinski definition) is 0. The summed E-state index contributed by atoms with van der Waals surface area (Å²) in [5.41, 5.74) is 2.14. The average molecular weight is 435 g/mol.